The van der Waals surface area contributed by atoms with Gasteiger partial charge in [-0.3, -0.25) is 4.98 Å². The van der Waals surface area contributed by atoms with Gasteiger partial charge in [-0.2, -0.15) is 13.2 Å². The lowest BCUT2D eigenvalue weighted by molar-refractivity contribution is -0.138. The molecule has 0 saturated carbocycles. The number of aromatic nitrogens is 1. The Balaban J connectivity index is 0.00000169. The highest BCUT2D eigenvalue weighted by Gasteiger charge is 2.33. The Morgan fingerprint density at radius 1 is 1.36 bits per heavy atom. The molecule has 0 aromatic carbocycles. The molecule has 0 unspecified atom stereocenters. The van der Waals surface area contributed by atoms with Crippen molar-refractivity contribution in [3.8, 4) is 0 Å². The molecule has 0 spiro atoms. The molecule has 0 saturated heterocycles. The number of hydrogen-bond acceptors (Lipinski definition) is 2. The summed E-state index contributed by atoms with van der Waals surface area (Å²) in [5.74, 6) is 0. The van der Waals surface area contributed by atoms with Gasteiger partial charge in [-0.25, -0.2) is 0 Å². The Kier molecular flexibility index (Phi) is 4.35. The third-order valence-corrected chi connectivity index (χ3v) is 1.61. The van der Waals surface area contributed by atoms with Gasteiger partial charge in [0.1, 0.15) is 0 Å². The Morgan fingerprint density at radius 3 is 2.36 bits per heavy atom. The number of aryl methyl sites for hydroxylation is 1. The molecule has 0 amide bonds. The molecule has 6 heteroatoms. The fraction of sp³-hybridized carbons (Fsp3) is 0.375. The fourth-order valence-electron chi connectivity index (χ4n) is 1.02. The van der Waals surface area contributed by atoms with Crippen molar-refractivity contribution in [1.82, 2.24) is 4.98 Å². The van der Waals surface area contributed by atoms with Crippen LogP contribution >= 0.6 is 12.4 Å². The zero-order chi connectivity index (χ0) is 10.1. The lowest BCUT2D eigenvalue weighted by Crippen LogP contribution is -2.14. The van der Waals surface area contributed by atoms with Gasteiger partial charge in [-0.15, -0.1) is 12.4 Å². The van der Waals surface area contributed by atoms with Gasteiger partial charge in [0.05, 0.1) is 11.3 Å². The normalized spacial score (nSPS) is 10.9. The topological polar surface area (TPSA) is 38.9 Å². The monoisotopic (exact) mass is 226 g/mol. The van der Waals surface area contributed by atoms with Crippen LogP contribution in [0.25, 0.3) is 0 Å². The molecule has 1 aromatic heterocycles. The number of pyridine rings is 1. The lowest BCUT2D eigenvalue weighted by atomic mass is 10.1. The smallest absolute Gasteiger partial charge is 0.325 e. The van der Waals surface area contributed by atoms with Gasteiger partial charge in [0, 0.05) is 12.2 Å². The second kappa shape index (κ2) is 4.61. The average Bonchev–Trinajstić information content (AvgIpc) is 2.01. The number of alkyl halides is 3. The van der Waals surface area contributed by atoms with Crippen molar-refractivity contribution < 1.29 is 13.2 Å². The fourth-order valence-corrected chi connectivity index (χ4v) is 1.02. The van der Waals surface area contributed by atoms with Gasteiger partial charge in [0.25, 0.3) is 0 Å². The van der Waals surface area contributed by atoms with E-state index in [4.69, 9.17) is 5.73 Å². The van der Waals surface area contributed by atoms with Crippen molar-refractivity contribution in [1.29, 1.82) is 0 Å². The molecule has 1 heterocycles. The van der Waals surface area contributed by atoms with Gasteiger partial charge in [-0.05, 0) is 19.1 Å². The maximum absolute atomic E-state index is 12.3. The van der Waals surface area contributed by atoms with Crippen LogP contribution in [-0.2, 0) is 12.7 Å². The van der Waals surface area contributed by atoms with E-state index in [-0.39, 0.29) is 24.6 Å². The summed E-state index contributed by atoms with van der Waals surface area (Å²) >= 11 is 0. The molecule has 0 bridgehead atoms. The second-order valence-electron chi connectivity index (χ2n) is 2.65. The summed E-state index contributed by atoms with van der Waals surface area (Å²) in [5, 5.41) is 0. The first-order chi connectivity index (χ1) is 5.95. The number of rotatable bonds is 1. The van der Waals surface area contributed by atoms with E-state index in [0.717, 1.165) is 6.07 Å². The van der Waals surface area contributed by atoms with Crippen LogP contribution in [0.4, 0.5) is 13.2 Å². The second-order valence-corrected chi connectivity index (χ2v) is 2.65. The first-order valence-corrected chi connectivity index (χ1v) is 3.69. The summed E-state index contributed by atoms with van der Waals surface area (Å²) in [7, 11) is 0. The minimum atomic E-state index is -4.37. The molecule has 1 rings (SSSR count). The Hall–Kier alpha value is -0.810. The van der Waals surface area contributed by atoms with Gasteiger partial charge < -0.3 is 5.73 Å². The first-order valence-electron chi connectivity index (χ1n) is 3.69. The van der Waals surface area contributed by atoms with Crippen molar-refractivity contribution in [3.63, 3.8) is 0 Å². The number of nitrogens with zero attached hydrogens (tertiary/aromatic N) is 1. The summed E-state index contributed by atoms with van der Waals surface area (Å²) in [4.78, 5) is 3.71. The van der Waals surface area contributed by atoms with E-state index in [1.165, 1.54) is 6.07 Å². The predicted octanol–water partition coefficient (Wildman–Crippen LogP) is 2.29. The molecular weight excluding hydrogens is 217 g/mol. The highest BCUT2D eigenvalue weighted by molar-refractivity contribution is 5.85. The van der Waals surface area contributed by atoms with Crippen LogP contribution in [0.5, 0.6) is 0 Å². The zero-order valence-electron chi connectivity index (χ0n) is 7.43. The first kappa shape index (κ1) is 13.2. The van der Waals surface area contributed by atoms with Crippen molar-refractivity contribution in [2.24, 2.45) is 5.73 Å². The van der Waals surface area contributed by atoms with Gasteiger partial charge in [0.2, 0.25) is 0 Å². The number of halogens is 4. The Labute approximate surface area is 85.7 Å². The van der Waals surface area contributed by atoms with E-state index in [0.29, 0.717) is 5.69 Å². The van der Waals surface area contributed by atoms with Crippen LogP contribution in [0, 0.1) is 6.92 Å². The van der Waals surface area contributed by atoms with Crippen molar-refractivity contribution >= 4 is 12.4 Å². The molecule has 0 aliphatic rings. The third-order valence-electron chi connectivity index (χ3n) is 1.61. The molecule has 14 heavy (non-hydrogen) atoms. The highest BCUT2D eigenvalue weighted by Crippen LogP contribution is 2.30. The lowest BCUT2D eigenvalue weighted by Gasteiger charge is -2.10. The minimum absolute atomic E-state index is 0. The summed E-state index contributed by atoms with van der Waals surface area (Å²) in [6, 6.07) is 2.33. The van der Waals surface area contributed by atoms with E-state index >= 15 is 0 Å². The molecule has 2 nitrogen and oxygen atoms in total. The van der Waals surface area contributed by atoms with Crippen LogP contribution < -0.4 is 5.73 Å². The molecule has 80 valence electrons. The average molecular weight is 227 g/mol. The van der Waals surface area contributed by atoms with Crippen molar-refractivity contribution in [3.05, 3.63) is 29.1 Å². The molecule has 0 atom stereocenters. The molecule has 0 aliphatic carbocycles. The van der Waals surface area contributed by atoms with Crippen molar-refractivity contribution in [2.45, 2.75) is 19.6 Å². The summed E-state index contributed by atoms with van der Waals surface area (Å²) in [6.45, 7) is 1.43. The SMILES string of the molecule is Cc1ccc(C(F)(F)F)c(CN)n1.Cl. The van der Waals surface area contributed by atoms with Gasteiger partial charge in [0.15, 0.2) is 0 Å². The summed E-state index contributed by atoms with van der Waals surface area (Å²) in [6.07, 6.45) is -4.37. The van der Waals surface area contributed by atoms with Crippen LogP contribution in [0.15, 0.2) is 12.1 Å². The molecule has 1 aromatic rings. The quantitative estimate of drug-likeness (QED) is 0.798. The Morgan fingerprint density at radius 2 is 1.93 bits per heavy atom. The molecule has 0 aliphatic heterocycles. The van der Waals surface area contributed by atoms with Gasteiger partial charge in [-0.1, -0.05) is 0 Å². The molecule has 2 N–H and O–H groups in total. The number of hydrogen-bond donors (Lipinski definition) is 1. The number of nitrogens with two attached hydrogens (primary N) is 1. The maximum Gasteiger partial charge on any atom is 0.418 e. The molecular formula is C8H10ClF3N2. The van der Waals surface area contributed by atoms with Crippen LogP contribution in [0.2, 0.25) is 0 Å². The predicted molar refractivity (Wildman–Crippen MR) is 49.1 cm³/mol. The van der Waals surface area contributed by atoms with Crippen LogP contribution in [0.1, 0.15) is 17.0 Å². The zero-order valence-corrected chi connectivity index (χ0v) is 8.25. The van der Waals surface area contributed by atoms with E-state index in [2.05, 4.69) is 4.98 Å². The van der Waals surface area contributed by atoms with Crippen molar-refractivity contribution in [2.75, 3.05) is 0 Å². The summed E-state index contributed by atoms with van der Waals surface area (Å²) in [5.41, 5.74) is 4.84. The minimum Gasteiger partial charge on any atom is -0.325 e. The molecule has 0 fully saturated rings. The van der Waals surface area contributed by atoms with E-state index in [9.17, 15) is 13.2 Å². The van der Waals surface area contributed by atoms with E-state index in [1.54, 1.807) is 6.92 Å². The largest absolute Gasteiger partial charge is 0.418 e. The third kappa shape index (κ3) is 2.85. The van der Waals surface area contributed by atoms with Crippen LogP contribution in [0.3, 0.4) is 0 Å². The summed E-state index contributed by atoms with van der Waals surface area (Å²) < 4.78 is 36.8. The Bertz CT molecular complexity index is 312. The highest BCUT2D eigenvalue weighted by atomic mass is 35.5. The molecule has 0 radical (unpaired) electrons. The van der Waals surface area contributed by atoms with E-state index < -0.39 is 11.7 Å². The van der Waals surface area contributed by atoms with Gasteiger partial charge >= 0.3 is 6.18 Å². The van der Waals surface area contributed by atoms with Crippen LogP contribution in [-0.4, -0.2) is 4.98 Å². The standard InChI is InChI=1S/C8H9F3N2.ClH/c1-5-2-3-6(8(9,10)11)7(4-12)13-5;/h2-3H,4,12H2,1H3;1H. The maximum atomic E-state index is 12.3. The van der Waals surface area contributed by atoms with E-state index in [1.807, 2.05) is 0 Å².